The SMILES string of the molecule is Cc1c(C(=O)NCc2cccc(C(N)=O)c2)cnn1-c1ccccc1F. The van der Waals surface area contributed by atoms with Gasteiger partial charge in [0.2, 0.25) is 5.91 Å². The molecule has 26 heavy (non-hydrogen) atoms. The number of hydrogen-bond donors (Lipinski definition) is 2. The molecule has 0 saturated carbocycles. The van der Waals surface area contributed by atoms with Crippen LogP contribution in [-0.4, -0.2) is 21.6 Å². The first-order valence-corrected chi connectivity index (χ1v) is 7.94. The van der Waals surface area contributed by atoms with E-state index in [0.29, 0.717) is 16.8 Å². The number of rotatable bonds is 5. The van der Waals surface area contributed by atoms with Gasteiger partial charge in [0.05, 0.1) is 17.5 Å². The van der Waals surface area contributed by atoms with E-state index in [9.17, 15) is 14.0 Å². The van der Waals surface area contributed by atoms with Crippen LogP contribution in [0.15, 0.2) is 54.7 Å². The normalized spacial score (nSPS) is 10.5. The molecule has 0 saturated heterocycles. The van der Waals surface area contributed by atoms with E-state index in [1.54, 1.807) is 49.4 Å². The zero-order valence-electron chi connectivity index (χ0n) is 14.1. The first-order chi connectivity index (χ1) is 12.5. The van der Waals surface area contributed by atoms with E-state index in [1.165, 1.54) is 16.9 Å². The average Bonchev–Trinajstić information content (AvgIpc) is 3.02. The van der Waals surface area contributed by atoms with Crippen LogP contribution in [0.3, 0.4) is 0 Å². The fraction of sp³-hybridized carbons (Fsp3) is 0.105. The molecule has 0 aliphatic carbocycles. The lowest BCUT2D eigenvalue weighted by molar-refractivity contribution is 0.0949. The predicted molar refractivity (Wildman–Crippen MR) is 94.4 cm³/mol. The number of para-hydroxylation sites is 1. The molecule has 1 heterocycles. The van der Waals surface area contributed by atoms with Crippen LogP contribution in [0.2, 0.25) is 0 Å². The lowest BCUT2D eigenvalue weighted by atomic mass is 10.1. The molecule has 3 rings (SSSR count). The fourth-order valence-electron chi connectivity index (χ4n) is 2.61. The van der Waals surface area contributed by atoms with Crippen LogP contribution < -0.4 is 11.1 Å². The molecule has 132 valence electrons. The first-order valence-electron chi connectivity index (χ1n) is 7.94. The van der Waals surface area contributed by atoms with Crippen LogP contribution >= 0.6 is 0 Å². The number of nitrogens with two attached hydrogens (primary N) is 1. The molecule has 2 amide bonds. The largest absolute Gasteiger partial charge is 0.366 e. The fourth-order valence-corrected chi connectivity index (χ4v) is 2.61. The van der Waals surface area contributed by atoms with Gasteiger partial charge in [-0.3, -0.25) is 9.59 Å². The Labute approximate surface area is 149 Å². The maximum Gasteiger partial charge on any atom is 0.255 e. The van der Waals surface area contributed by atoms with Crippen LogP contribution in [0.25, 0.3) is 5.69 Å². The van der Waals surface area contributed by atoms with Crippen molar-refractivity contribution in [3.8, 4) is 5.69 Å². The second kappa shape index (κ2) is 7.18. The van der Waals surface area contributed by atoms with E-state index in [1.807, 2.05) is 0 Å². The van der Waals surface area contributed by atoms with Gasteiger partial charge in [-0.2, -0.15) is 5.10 Å². The standard InChI is InChI=1S/C19H17FN4O2/c1-12-15(11-23-24(12)17-8-3-2-7-16(17)20)19(26)22-10-13-5-4-6-14(9-13)18(21)25/h2-9,11H,10H2,1H3,(H2,21,25)(H,22,26). The Bertz CT molecular complexity index is 981. The molecule has 0 aliphatic rings. The maximum atomic E-state index is 13.9. The number of nitrogens with zero attached hydrogens (tertiary/aromatic N) is 2. The summed E-state index contributed by atoms with van der Waals surface area (Å²) in [4.78, 5) is 23.7. The summed E-state index contributed by atoms with van der Waals surface area (Å²) in [5.41, 5.74) is 7.52. The number of carbonyl (C=O) groups is 2. The van der Waals surface area contributed by atoms with Crippen LogP contribution in [-0.2, 0) is 6.54 Å². The van der Waals surface area contributed by atoms with Gasteiger partial charge in [0.1, 0.15) is 11.5 Å². The number of nitrogens with one attached hydrogen (secondary N) is 1. The van der Waals surface area contributed by atoms with Crippen molar-refractivity contribution in [3.63, 3.8) is 0 Å². The number of aromatic nitrogens is 2. The molecule has 6 nitrogen and oxygen atoms in total. The highest BCUT2D eigenvalue weighted by Crippen LogP contribution is 2.17. The third kappa shape index (κ3) is 3.46. The Kier molecular flexibility index (Phi) is 4.79. The van der Waals surface area contributed by atoms with Crippen LogP contribution in [0.1, 0.15) is 32.0 Å². The zero-order valence-corrected chi connectivity index (χ0v) is 14.1. The Morgan fingerprint density at radius 3 is 2.69 bits per heavy atom. The topological polar surface area (TPSA) is 90.0 Å². The molecule has 3 N–H and O–H groups in total. The minimum Gasteiger partial charge on any atom is -0.366 e. The Morgan fingerprint density at radius 1 is 1.19 bits per heavy atom. The highest BCUT2D eigenvalue weighted by molar-refractivity contribution is 5.95. The first kappa shape index (κ1) is 17.3. The second-order valence-corrected chi connectivity index (χ2v) is 5.75. The van der Waals surface area contributed by atoms with Gasteiger partial charge in [-0.05, 0) is 36.8 Å². The van der Waals surface area contributed by atoms with E-state index in [2.05, 4.69) is 10.4 Å². The maximum absolute atomic E-state index is 13.9. The van der Waals surface area contributed by atoms with Crippen molar-refractivity contribution in [2.45, 2.75) is 13.5 Å². The van der Waals surface area contributed by atoms with Crippen molar-refractivity contribution < 1.29 is 14.0 Å². The molecule has 0 radical (unpaired) electrons. The summed E-state index contributed by atoms with van der Waals surface area (Å²) in [7, 11) is 0. The summed E-state index contributed by atoms with van der Waals surface area (Å²) >= 11 is 0. The molecule has 0 fully saturated rings. The minimum atomic E-state index is -0.528. The summed E-state index contributed by atoms with van der Waals surface area (Å²) < 4.78 is 15.3. The number of amides is 2. The van der Waals surface area contributed by atoms with Crippen LogP contribution in [0.5, 0.6) is 0 Å². The quantitative estimate of drug-likeness (QED) is 0.738. The zero-order chi connectivity index (χ0) is 18.7. The molecular formula is C19H17FN4O2. The van der Waals surface area contributed by atoms with Crippen molar-refractivity contribution in [3.05, 3.63) is 82.9 Å². The van der Waals surface area contributed by atoms with Gasteiger partial charge in [-0.1, -0.05) is 24.3 Å². The van der Waals surface area contributed by atoms with Gasteiger partial charge in [0.25, 0.3) is 5.91 Å². The Balaban J connectivity index is 1.76. The highest BCUT2D eigenvalue weighted by atomic mass is 19.1. The summed E-state index contributed by atoms with van der Waals surface area (Å²) in [5, 5.41) is 6.88. The number of primary amides is 1. The van der Waals surface area contributed by atoms with Crippen molar-refractivity contribution >= 4 is 11.8 Å². The molecule has 0 atom stereocenters. The van der Waals surface area contributed by atoms with Crippen molar-refractivity contribution in [1.29, 1.82) is 0 Å². The number of hydrogen-bond acceptors (Lipinski definition) is 3. The molecule has 0 unspecified atom stereocenters. The summed E-state index contributed by atoms with van der Waals surface area (Å²) in [6.45, 7) is 1.92. The van der Waals surface area contributed by atoms with Gasteiger partial charge in [-0.25, -0.2) is 9.07 Å². The summed E-state index contributed by atoms with van der Waals surface area (Å²) in [6.07, 6.45) is 1.40. The second-order valence-electron chi connectivity index (χ2n) is 5.75. The molecule has 0 bridgehead atoms. The molecule has 3 aromatic rings. The molecule has 7 heteroatoms. The van der Waals surface area contributed by atoms with Gasteiger partial charge < -0.3 is 11.1 Å². The van der Waals surface area contributed by atoms with Crippen LogP contribution in [0.4, 0.5) is 4.39 Å². The van der Waals surface area contributed by atoms with E-state index in [-0.39, 0.29) is 18.1 Å². The predicted octanol–water partition coefficient (Wildman–Crippen LogP) is 2.35. The number of benzene rings is 2. The summed E-state index contributed by atoms with van der Waals surface area (Å²) in [5.74, 6) is -1.29. The lowest BCUT2D eigenvalue weighted by Gasteiger charge is -2.08. The Morgan fingerprint density at radius 2 is 1.96 bits per heavy atom. The minimum absolute atomic E-state index is 0.226. The molecule has 0 spiro atoms. The number of halogens is 1. The van der Waals surface area contributed by atoms with E-state index >= 15 is 0 Å². The lowest BCUT2D eigenvalue weighted by Crippen LogP contribution is -2.23. The highest BCUT2D eigenvalue weighted by Gasteiger charge is 2.16. The van der Waals surface area contributed by atoms with Crippen LogP contribution in [0, 0.1) is 12.7 Å². The molecular weight excluding hydrogens is 335 g/mol. The monoisotopic (exact) mass is 352 g/mol. The third-order valence-electron chi connectivity index (χ3n) is 4.00. The van der Waals surface area contributed by atoms with E-state index in [4.69, 9.17) is 5.73 Å². The number of carbonyl (C=O) groups excluding carboxylic acids is 2. The smallest absolute Gasteiger partial charge is 0.255 e. The van der Waals surface area contributed by atoms with E-state index < -0.39 is 11.7 Å². The Hall–Kier alpha value is -3.48. The third-order valence-corrected chi connectivity index (χ3v) is 4.00. The van der Waals surface area contributed by atoms with Gasteiger partial charge in [-0.15, -0.1) is 0 Å². The van der Waals surface area contributed by atoms with Gasteiger partial charge >= 0.3 is 0 Å². The molecule has 2 aromatic carbocycles. The van der Waals surface area contributed by atoms with E-state index in [0.717, 1.165) is 5.56 Å². The van der Waals surface area contributed by atoms with Crippen molar-refractivity contribution in [2.24, 2.45) is 5.73 Å². The average molecular weight is 352 g/mol. The van der Waals surface area contributed by atoms with Crippen molar-refractivity contribution in [1.82, 2.24) is 15.1 Å². The van der Waals surface area contributed by atoms with Gasteiger partial charge in [0.15, 0.2) is 0 Å². The molecule has 1 aromatic heterocycles. The van der Waals surface area contributed by atoms with Crippen molar-refractivity contribution in [2.75, 3.05) is 0 Å². The summed E-state index contributed by atoms with van der Waals surface area (Å²) in [6, 6.07) is 12.9. The van der Waals surface area contributed by atoms with Gasteiger partial charge in [0, 0.05) is 12.1 Å². The molecule has 0 aliphatic heterocycles.